The lowest BCUT2D eigenvalue weighted by molar-refractivity contribution is 0.00836. The first-order valence-corrected chi connectivity index (χ1v) is 12.3. The summed E-state index contributed by atoms with van der Waals surface area (Å²) < 4.78 is 32.9. The van der Waals surface area contributed by atoms with Crippen LogP contribution >= 0.6 is 0 Å². The fraction of sp³-hybridized carbons (Fsp3) is 0.393. The Morgan fingerprint density at radius 3 is 2.72 bits per heavy atom. The van der Waals surface area contributed by atoms with Crippen LogP contribution in [0.1, 0.15) is 24.1 Å². The molecular weight excluding hydrogens is 461 g/mol. The first kappa shape index (κ1) is 26.0. The third-order valence-electron chi connectivity index (χ3n) is 6.05. The van der Waals surface area contributed by atoms with E-state index in [1.807, 2.05) is 37.3 Å². The number of para-hydroxylation sites is 1. The van der Waals surface area contributed by atoms with E-state index < -0.39 is 6.10 Å². The predicted molar refractivity (Wildman–Crippen MR) is 136 cm³/mol. The highest BCUT2D eigenvalue weighted by molar-refractivity contribution is 5.43. The average molecular weight is 496 g/mol. The number of halogens is 1. The van der Waals surface area contributed by atoms with E-state index in [1.54, 1.807) is 22.9 Å². The smallest absolute Gasteiger partial charge is 0.227 e. The van der Waals surface area contributed by atoms with Crippen LogP contribution in [0.15, 0.2) is 67.3 Å². The fourth-order valence-corrected chi connectivity index (χ4v) is 4.33. The number of aromatic nitrogens is 2. The van der Waals surface area contributed by atoms with Crippen LogP contribution in [0, 0.1) is 12.7 Å². The number of ether oxygens (including phenoxy) is 3. The average Bonchev–Trinajstić information content (AvgIpc) is 3.49. The van der Waals surface area contributed by atoms with Gasteiger partial charge in [-0.1, -0.05) is 24.3 Å². The summed E-state index contributed by atoms with van der Waals surface area (Å²) in [6.07, 6.45) is 3.13. The molecule has 0 unspecified atom stereocenters. The van der Waals surface area contributed by atoms with Crippen LogP contribution in [0.5, 0.6) is 11.6 Å². The quantitative estimate of drug-likeness (QED) is 0.275. The minimum atomic E-state index is -0.669. The Hall–Kier alpha value is -3.04. The summed E-state index contributed by atoms with van der Waals surface area (Å²) in [5.41, 5.74) is 2.55. The van der Waals surface area contributed by atoms with Crippen molar-refractivity contribution in [1.29, 1.82) is 0 Å². The summed E-state index contributed by atoms with van der Waals surface area (Å²) in [5, 5.41) is 15.4. The van der Waals surface area contributed by atoms with Crippen molar-refractivity contribution >= 4 is 0 Å². The molecule has 0 spiro atoms. The molecule has 0 saturated carbocycles. The molecule has 0 amide bonds. The molecule has 2 heterocycles. The van der Waals surface area contributed by atoms with E-state index in [0.717, 1.165) is 36.4 Å². The molecule has 1 saturated heterocycles. The van der Waals surface area contributed by atoms with Gasteiger partial charge < -0.3 is 19.3 Å². The minimum Gasteiger partial charge on any atom is -0.439 e. The molecule has 1 N–H and O–H groups in total. The number of benzene rings is 2. The second-order valence-electron chi connectivity index (χ2n) is 8.98. The zero-order valence-electron chi connectivity index (χ0n) is 20.7. The zero-order chi connectivity index (χ0) is 25.3. The van der Waals surface area contributed by atoms with Crippen molar-refractivity contribution in [3.8, 4) is 17.3 Å². The van der Waals surface area contributed by atoms with Gasteiger partial charge >= 0.3 is 0 Å². The van der Waals surface area contributed by atoms with Crippen LogP contribution in [0.2, 0.25) is 0 Å². The van der Waals surface area contributed by atoms with Crippen LogP contribution in [-0.2, 0) is 16.0 Å². The van der Waals surface area contributed by atoms with Gasteiger partial charge in [0.2, 0.25) is 5.88 Å². The van der Waals surface area contributed by atoms with Crippen LogP contribution in [0.4, 0.5) is 4.39 Å². The number of aliphatic hydroxyl groups excluding tert-OH is 1. The molecule has 3 aromatic rings. The molecule has 8 heteroatoms. The molecule has 4 rings (SSSR count). The van der Waals surface area contributed by atoms with Gasteiger partial charge in [0.25, 0.3) is 0 Å². The largest absolute Gasteiger partial charge is 0.439 e. The molecule has 2 atom stereocenters. The van der Waals surface area contributed by atoms with Crippen molar-refractivity contribution in [1.82, 2.24) is 14.7 Å². The van der Waals surface area contributed by atoms with Gasteiger partial charge in [0.15, 0.2) is 0 Å². The summed E-state index contributed by atoms with van der Waals surface area (Å²) in [6.45, 7) is 8.53. The summed E-state index contributed by atoms with van der Waals surface area (Å²) >= 11 is 0. The van der Waals surface area contributed by atoms with E-state index >= 15 is 0 Å². The monoisotopic (exact) mass is 495 g/mol. The highest BCUT2D eigenvalue weighted by Crippen LogP contribution is 2.32. The van der Waals surface area contributed by atoms with E-state index in [2.05, 4.69) is 11.5 Å². The Morgan fingerprint density at radius 1 is 1.25 bits per heavy atom. The number of aryl methyl sites for hydroxylation is 1. The lowest BCUT2D eigenvalue weighted by atomic mass is 10.1. The number of hydrogen-bond acceptors (Lipinski definition) is 6. The third kappa shape index (κ3) is 7.01. The first-order chi connectivity index (χ1) is 17.5. The lowest BCUT2D eigenvalue weighted by Crippen LogP contribution is -2.39. The van der Waals surface area contributed by atoms with E-state index in [-0.39, 0.29) is 18.5 Å². The molecule has 7 nitrogen and oxygen atoms in total. The Morgan fingerprint density at radius 2 is 2.03 bits per heavy atom. The number of rotatable bonds is 13. The Bertz CT molecular complexity index is 1100. The molecule has 0 aliphatic carbocycles. The molecule has 1 aromatic heterocycles. The highest BCUT2D eigenvalue weighted by Gasteiger charge is 2.26. The zero-order valence-corrected chi connectivity index (χ0v) is 20.7. The number of aliphatic hydroxyl groups is 1. The van der Waals surface area contributed by atoms with Gasteiger partial charge in [-0.3, -0.25) is 4.90 Å². The second kappa shape index (κ2) is 12.8. The van der Waals surface area contributed by atoms with Crippen molar-refractivity contribution in [3.63, 3.8) is 0 Å². The molecule has 0 radical (unpaired) electrons. The van der Waals surface area contributed by atoms with Crippen molar-refractivity contribution in [2.75, 3.05) is 32.9 Å². The normalized spacial score (nSPS) is 16.4. The predicted octanol–water partition coefficient (Wildman–Crippen LogP) is 4.66. The van der Waals surface area contributed by atoms with E-state index in [4.69, 9.17) is 19.3 Å². The molecule has 1 aliphatic heterocycles. The van der Waals surface area contributed by atoms with Crippen LogP contribution < -0.4 is 4.74 Å². The summed E-state index contributed by atoms with van der Waals surface area (Å²) in [7, 11) is 0. The standard InChI is InChI=1S/C28H34FN3O4/c1-3-15-34-20-24(33)17-31(18-26-10-7-16-35-26)19-27-21(2)30-32(23-8-5-4-6-9-23)28(27)36-25-13-11-22(29)12-14-25/h3-6,8-9,11-14,24,26,33H,1,7,10,15-20H2,2H3/t24-,26-/m0/s1. The van der Waals surface area contributed by atoms with Crippen molar-refractivity contribution in [3.05, 3.63) is 84.3 Å². The van der Waals surface area contributed by atoms with E-state index in [1.165, 1.54) is 12.1 Å². The molecular formula is C28H34FN3O4. The Balaban J connectivity index is 1.63. The maximum Gasteiger partial charge on any atom is 0.227 e. The van der Waals surface area contributed by atoms with Gasteiger partial charge in [0.1, 0.15) is 11.6 Å². The highest BCUT2D eigenvalue weighted by atomic mass is 19.1. The first-order valence-electron chi connectivity index (χ1n) is 12.3. The lowest BCUT2D eigenvalue weighted by Gasteiger charge is -2.27. The molecule has 0 bridgehead atoms. The van der Waals surface area contributed by atoms with E-state index in [9.17, 15) is 9.50 Å². The topological polar surface area (TPSA) is 69.0 Å². The molecule has 1 aliphatic rings. The maximum atomic E-state index is 13.5. The Labute approximate surface area is 211 Å². The molecule has 2 aromatic carbocycles. The molecule has 1 fully saturated rings. The van der Waals surface area contributed by atoms with Gasteiger partial charge in [-0.15, -0.1) is 6.58 Å². The fourth-order valence-electron chi connectivity index (χ4n) is 4.33. The minimum absolute atomic E-state index is 0.109. The van der Waals surface area contributed by atoms with Gasteiger partial charge in [-0.2, -0.15) is 5.10 Å². The van der Waals surface area contributed by atoms with E-state index in [0.29, 0.717) is 37.9 Å². The van der Waals surface area contributed by atoms with Crippen molar-refractivity contribution in [2.24, 2.45) is 0 Å². The maximum absolute atomic E-state index is 13.5. The summed E-state index contributed by atoms with van der Waals surface area (Å²) in [6, 6.07) is 15.7. The molecule has 192 valence electrons. The molecule has 36 heavy (non-hydrogen) atoms. The van der Waals surface area contributed by atoms with Gasteiger partial charge in [0, 0.05) is 26.2 Å². The number of nitrogens with zero attached hydrogens (tertiary/aromatic N) is 3. The van der Waals surface area contributed by atoms with Crippen molar-refractivity contribution < 1.29 is 23.7 Å². The summed E-state index contributed by atoms with van der Waals surface area (Å²) in [5.74, 6) is 0.740. The summed E-state index contributed by atoms with van der Waals surface area (Å²) in [4.78, 5) is 2.16. The van der Waals surface area contributed by atoms with Crippen LogP contribution in [0.25, 0.3) is 5.69 Å². The second-order valence-corrected chi connectivity index (χ2v) is 8.98. The van der Waals surface area contributed by atoms with Crippen LogP contribution in [0.3, 0.4) is 0 Å². The van der Waals surface area contributed by atoms with Gasteiger partial charge in [0.05, 0.1) is 42.4 Å². The Kier molecular flexibility index (Phi) is 9.24. The van der Waals surface area contributed by atoms with Gasteiger partial charge in [-0.05, 0) is 56.2 Å². The van der Waals surface area contributed by atoms with Crippen LogP contribution in [-0.4, -0.2) is 64.9 Å². The van der Waals surface area contributed by atoms with Crippen molar-refractivity contribution in [2.45, 2.75) is 38.5 Å². The third-order valence-corrected chi connectivity index (χ3v) is 6.05. The van der Waals surface area contributed by atoms with Gasteiger partial charge in [-0.25, -0.2) is 9.07 Å². The number of hydrogen-bond donors (Lipinski definition) is 1. The SMILES string of the molecule is C=CCOC[C@@H](O)CN(Cc1c(C)nn(-c2ccccc2)c1Oc1ccc(F)cc1)C[C@@H]1CCCO1.